The highest BCUT2D eigenvalue weighted by molar-refractivity contribution is 9.10. The Labute approximate surface area is 199 Å². The molecular weight excluding hydrogens is 482 g/mol. The Morgan fingerprint density at radius 1 is 1.03 bits per heavy atom. The minimum Gasteiger partial charge on any atom is -0.496 e. The maximum atomic E-state index is 12.5. The molecule has 1 atom stereocenters. The zero-order valence-electron chi connectivity index (χ0n) is 18.0. The summed E-state index contributed by atoms with van der Waals surface area (Å²) < 4.78 is 12.4. The quantitative estimate of drug-likeness (QED) is 0.348. The maximum absolute atomic E-state index is 12.5. The van der Waals surface area contributed by atoms with E-state index < -0.39 is 6.23 Å². The molecule has 0 aliphatic carbocycles. The van der Waals surface area contributed by atoms with Crippen LogP contribution in [0.15, 0.2) is 88.4 Å². The van der Waals surface area contributed by atoms with Crippen molar-refractivity contribution in [3.8, 4) is 17.0 Å². The molecule has 0 N–H and O–H groups in total. The summed E-state index contributed by atoms with van der Waals surface area (Å²) in [4.78, 5) is 17.3. The van der Waals surface area contributed by atoms with Crippen molar-refractivity contribution in [1.82, 2.24) is 9.99 Å². The van der Waals surface area contributed by atoms with Gasteiger partial charge in [0.05, 0.1) is 22.8 Å². The molecule has 0 saturated carbocycles. The van der Waals surface area contributed by atoms with Crippen molar-refractivity contribution in [3.63, 3.8) is 0 Å². The number of halogens is 1. The van der Waals surface area contributed by atoms with Crippen molar-refractivity contribution in [1.29, 1.82) is 0 Å². The van der Waals surface area contributed by atoms with Crippen molar-refractivity contribution >= 4 is 38.6 Å². The van der Waals surface area contributed by atoms with Crippen LogP contribution in [0.2, 0.25) is 0 Å². The van der Waals surface area contributed by atoms with Crippen LogP contribution in [0.4, 0.5) is 0 Å². The summed E-state index contributed by atoms with van der Waals surface area (Å²) in [6.45, 7) is 1.47. The van der Waals surface area contributed by atoms with Crippen LogP contribution in [0.5, 0.6) is 5.75 Å². The van der Waals surface area contributed by atoms with Crippen LogP contribution >= 0.6 is 15.9 Å². The number of hydrogen-bond acceptors (Lipinski definition) is 5. The van der Waals surface area contributed by atoms with E-state index in [0.29, 0.717) is 11.6 Å². The van der Waals surface area contributed by atoms with Gasteiger partial charge in [0.15, 0.2) is 0 Å². The van der Waals surface area contributed by atoms with E-state index >= 15 is 0 Å². The Morgan fingerprint density at radius 3 is 2.52 bits per heavy atom. The summed E-state index contributed by atoms with van der Waals surface area (Å²) in [7, 11) is 1.60. The third kappa shape index (κ3) is 3.96. The Bertz CT molecular complexity index is 1390. The largest absolute Gasteiger partial charge is 0.496 e. The Kier molecular flexibility index (Phi) is 5.56. The van der Waals surface area contributed by atoms with Crippen molar-refractivity contribution in [2.45, 2.75) is 13.2 Å². The number of amides is 1. The van der Waals surface area contributed by atoms with E-state index in [0.717, 1.165) is 37.8 Å². The zero-order chi connectivity index (χ0) is 22.9. The van der Waals surface area contributed by atoms with E-state index in [1.54, 1.807) is 7.11 Å². The van der Waals surface area contributed by atoms with Gasteiger partial charge in [0.25, 0.3) is 0 Å². The van der Waals surface area contributed by atoms with Crippen LogP contribution in [0.3, 0.4) is 0 Å². The molecule has 4 aromatic rings. The number of pyridine rings is 1. The van der Waals surface area contributed by atoms with Gasteiger partial charge < -0.3 is 9.47 Å². The second-order valence-electron chi connectivity index (χ2n) is 7.57. The predicted octanol–water partition coefficient (Wildman–Crippen LogP) is 5.91. The second-order valence-corrected chi connectivity index (χ2v) is 8.43. The van der Waals surface area contributed by atoms with Gasteiger partial charge >= 0.3 is 0 Å². The molecule has 33 heavy (non-hydrogen) atoms. The maximum Gasteiger partial charge on any atom is 0.243 e. The summed E-state index contributed by atoms with van der Waals surface area (Å²) in [5.74, 6) is 0.849. The lowest BCUT2D eigenvalue weighted by Crippen LogP contribution is -2.25. The summed E-state index contributed by atoms with van der Waals surface area (Å²) in [5, 5.41) is 6.84. The number of aromatic nitrogens is 1. The summed E-state index contributed by atoms with van der Waals surface area (Å²) in [6, 6.07) is 25.3. The van der Waals surface area contributed by atoms with E-state index in [1.807, 2.05) is 78.9 Å². The fraction of sp³-hybridized carbons (Fsp3) is 0.115. The lowest BCUT2D eigenvalue weighted by atomic mass is 10.0. The molecule has 3 aromatic carbocycles. The van der Waals surface area contributed by atoms with Gasteiger partial charge in [-0.3, -0.25) is 4.79 Å². The number of para-hydroxylation sites is 1. The van der Waals surface area contributed by atoms with Gasteiger partial charge in [0.1, 0.15) is 5.75 Å². The SMILES string of the molecule is COc1ccc([C@H]2OC(c3cc(-c4ccccc4)nc4ccccc34)=NN2C(C)=O)cc1Br. The van der Waals surface area contributed by atoms with Gasteiger partial charge in [-0.1, -0.05) is 48.5 Å². The highest BCUT2D eigenvalue weighted by Crippen LogP contribution is 2.36. The zero-order valence-corrected chi connectivity index (χ0v) is 19.6. The van der Waals surface area contributed by atoms with E-state index in [4.69, 9.17) is 14.5 Å². The van der Waals surface area contributed by atoms with Gasteiger partial charge in [-0.15, -0.1) is 5.10 Å². The Balaban J connectivity index is 1.62. The van der Waals surface area contributed by atoms with Crippen LogP contribution < -0.4 is 4.74 Å². The minimum absolute atomic E-state index is 0.219. The topological polar surface area (TPSA) is 64.0 Å². The van der Waals surface area contributed by atoms with E-state index in [1.165, 1.54) is 11.9 Å². The fourth-order valence-corrected chi connectivity index (χ4v) is 4.40. The van der Waals surface area contributed by atoms with Gasteiger partial charge in [0, 0.05) is 29.0 Å². The fourth-order valence-electron chi connectivity index (χ4n) is 3.84. The number of fused-ring (bicyclic) bond motifs is 1. The first kappa shape index (κ1) is 21.2. The number of carbonyl (C=O) groups is 1. The average Bonchev–Trinajstić information content (AvgIpc) is 3.29. The Morgan fingerprint density at radius 2 is 1.79 bits per heavy atom. The molecule has 0 fully saturated rings. The molecule has 1 aliphatic heterocycles. The third-order valence-corrected chi connectivity index (χ3v) is 6.06. The normalized spacial score (nSPS) is 15.3. The third-order valence-electron chi connectivity index (χ3n) is 5.44. The predicted molar refractivity (Wildman–Crippen MR) is 131 cm³/mol. The van der Waals surface area contributed by atoms with Crippen molar-refractivity contribution in [3.05, 3.63) is 94.5 Å². The summed E-state index contributed by atoms with van der Waals surface area (Å²) in [5.41, 5.74) is 4.17. The molecule has 1 aromatic heterocycles. The highest BCUT2D eigenvalue weighted by Gasteiger charge is 2.34. The van der Waals surface area contributed by atoms with Gasteiger partial charge in [-0.25, -0.2) is 4.98 Å². The molecule has 2 heterocycles. The molecule has 0 unspecified atom stereocenters. The van der Waals surface area contributed by atoms with Crippen LogP contribution in [0.1, 0.15) is 24.3 Å². The number of ether oxygens (including phenoxy) is 2. The van der Waals surface area contributed by atoms with Crippen LogP contribution in [-0.2, 0) is 9.53 Å². The average molecular weight is 502 g/mol. The van der Waals surface area contributed by atoms with Gasteiger partial charge in [-0.2, -0.15) is 5.01 Å². The molecule has 5 rings (SSSR count). The molecule has 0 saturated heterocycles. The van der Waals surface area contributed by atoms with E-state index in [2.05, 4.69) is 21.0 Å². The lowest BCUT2D eigenvalue weighted by molar-refractivity contribution is -0.135. The smallest absolute Gasteiger partial charge is 0.243 e. The standard InChI is InChI=1S/C26H20BrN3O3/c1-16(31)30-26(18-12-13-24(32-2)21(27)14-18)33-25(29-30)20-15-23(17-8-4-3-5-9-17)28-22-11-7-6-10-19(20)22/h3-15,26H,1-2H3/t26-/m1/s1. The summed E-state index contributed by atoms with van der Waals surface area (Å²) in [6.07, 6.45) is -0.688. The molecule has 0 bridgehead atoms. The number of carbonyl (C=O) groups excluding carboxylic acids is 1. The number of hydrazone groups is 1. The van der Waals surface area contributed by atoms with Crippen molar-refractivity contribution in [2.24, 2.45) is 5.10 Å². The monoisotopic (exact) mass is 501 g/mol. The molecule has 1 aliphatic rings. The molecule has 1 amide bonds. The van der Waals surface area contributed by atoms with Crippen LogP contribution in [0, 0.1) is 0 Å². The molecule has 6 nitrogen and oxygen atoms in total. The van der Waals surface area contributed by atoms with Crippen molar-refractivity contribution in [2.75, 3.05) is 7.11 Å². The lowest BCUT2D eigenvalue weighted by Gasteiger charge is -2.20. The van der Waals surface area contributed by atoms with Crippen LogP contribution in [-0.4, -0.2) is 28.9 Å². The number of rotatable bonds is 4. The summed E-state index contributed by atoms with van der Waals surface area (Å²) >= 11 is 3.51. The first-order valence-corrected chi connectivity index (χ1v) is 11.2. The van der Waals surface area contributed by atoms with E-state index in [9.17, 15) is 4.79 Å². The van der Waals surface area contributed by atoms with Crippen LogP contribution in [0.25, 0.3) is 22.2 Å². The first-order valence-electron chi connectivity index (χ1n) is 10.4. The second kappa shape index (κ2) is 8.67. The van der Waals surface area contributed by atoms with Gasteiger partial charge in [0.2, 0.25) is 18.0 Å². The molecule has 0 spiro atoms. The molecule has 7 heteroatoms. The van der Waals surface area contributed by atoms with E-state index in [-0.39, 0.29) is 5.91 Å². The highest BCUT2D eigenvalue weighted by atomic mass is 79.9. The first-order chi connectivity index (χ1) is 16.0. The molecule has 164 valence electrons. The number of methoxy groups -OCH3 is 1. The Hall–Kier alpha value is -3.71. The van der Waals surface area contributed by atoms with Gasteiger partial charge in [-0.05, 0) is 46.3 Å². The molecular formula is C26H20BrN3O3. The molecule has 0 radical (unpaired) electrons. The minimum atomic E-state index is -0.688. The number of benzene rings is 3. The van der Waals surface area contributed by atoms with Crippen molar-refractivity contribution < 1.29 is 14.3 Å². The number of nitrogens with zero attached hydrogens (tertiary/aromatic N) is 3. The number of hydrogen-bond donors (Lipinski definition) is 0.